The van der Waals surface area contributed by atoms with E-state index in [0.717, 1.165) is 6.04 Å². The summed E-state index contributed by atoms with van der Waals surface area (Å²) in [6, 6.07) is 11.5. The highest BCUT2D eigenvalue weighted by atomic mass is 15.2. The first kappa shape index (κ1) is 11.0. The van der Waals surface area contributed by atoms with Gasteiger partial charge in [0, 0.05) is 6.04 Å². The first-order valence-corrected chi connectivity index (χ1v) is 6.93. The van der Waals surface area contributed by atoms with Crippen LogP contribution in [0.1, 0.15) is 37.7 Å². The minimum Gasteiger partial charge on any atom is -0.297 e. The zero-order valence-corrected chi connectivity index (χ0v) is 10.4. The van der Waals surface area contributed by atoms with Gasteiger partial charge in [-0.3, -0.25) is 4.90 Å². The van der Waals surface area contributed by atoms with Crippen molar-refractivity contribution in [1.82, 2.24) is 4.90 Å². The summed E-state index contributed by atoms with van der Waals surface area (Å²) in [5.74, 6) is 0. The molecule has 1 heterocycles. The second kappa shape index (κ2) is 5.05. The molecule has 1 saturated carbocycles. The summed E-state index contributed by atoms with van der Waals surface area (Å²) in [4.78, 5) is 2.66. The van der Waals surface area contributed by atoms with Gasteiger partial charge in [0.2, 0.25) is 0 Å². The van der Waals surface area contributed by atoms with E-state index in [2.05, 4.69) is 41.3 Å². The summed E-state index contributed by atoms with van der Waals surface area (Å²) in [5, 5.41) is 0. The monoisotopic (exact) mass is 227 g/mol. The van der Waals surface area contributed by atoms with E-state index >= 15 is 0 Å². The molecule has 1 nitrogen and oxygen atoms in total. The molecule has 90 valence electrons. The maximum atomic E-state index is 2.66. The van der Waals surface area contributed by atoms with Gasteiger partial charge in [-0.1, -0.05) is 48.4 Å². The first-order valence-electron chi connectivity index (χ1n) is 6.93. The van der Waals surface area contributed by atoms with E-state index in [1.807, 2.05) is 0 Å². The molecule has 0 aromatic heterocycles. The predicted molar refractivity (Wildman–Crippen MR) is 72.9 cm³/mol. The molecule has 2 fully saturated rings. The quantitative estimate of drug-likeness (QED) is 0.744. The van der Waals surface area contributed by atoms with Gasteiger partial charge in [-0.05, 0) is 44.3 Å². The molecule has 2 aliphatic rings. The van der Waals surface area contributed by atoms with Gasteiger partial charge in [0.15, 0.2) is 0 Å². The van der Waals surface area contributed by atoms with Crippen LogP contribution in [0.2, 0.25) is 0 Å². The Balaban J connectivity index is 1.80. The second-order valence-electron chi connectivity index (χ2n) is 5.28. The summed E-state index contributed by atoms with van der Waals surface area (Å²) in [7, 11) is 0. The third kappa shape index (κ3) is 2.44. The SMILES string of the molecule is C(=C1/CCCCC1N1CCC1)/c1ccccc1. The lowest BCUT2D eigenvalue weighted by molar-refractivity contribution is 0.121. The normalized spacial score (nSPS) is 28.0. The average molecular weight is 227 g/mol. The van der Waals surface area contributed by atoms with E-state index in [1.165, 1.54) is 50.8 Å². The molecule has 17 heavy (non-hydrogen) atoms. The van der Waals surface area contributed by atoms with Crippen LogP contribution in [0, 0.1) is 0 Å². The molecule has 1 aromatic carbocycles. The molecule has 0 radical (unpaired) electrons. The molecular formula is C16H21N. The lowest BCUT2D eigenvalue weighted by Gasteiger charge is -2.42. The fourth-order valence-electron chi connectivity index (χ4n) is 3.02. The lowest BCUT2D eigenvalue weighted by atomic mass is 9.86. The Kier molecular flexibility index (Phi) is 3.28. The highest BCUT2D eigenvalue weighted by Crippen LogP contribution is 2.31. The molecule has 0 amide bonds. The minimum atomic E-state index is 0.748. The van der Waals surface area contributed by atoms with Crippen LogP contribution < -0.4 is 0 Å². The van der Waals surface area contributed by atoms with Crippen LogP contribution in [-0.2, 0) is 0 Å². The molecule has 0 N–H and O–H groups in total. The van der Waals surface area contributed by atoms with E-state index in [-0.39, 0.29) is 0 Å². The zero-order valence-electron chi connectivity index (χ0n) is 10.4. The van der Waals surface area contributed by atoms with E-state index in [9.17, 15) is 0 Å². The number of benzene rings is 1. The Morgan fingerprint density at radius 1 is 1.00 bits per heavy atom. The van der Waals surface area contributed by atoms with Crippen molar-refractivity contribution in [3.63, 3.8) is 0 Å². The highest BCUT2D eigenvalue weighted by molar-refractivity contribution is 5.54. The van der Waals surface area contributed by atoms with Crippen LogP contribution in [-0.4, -0.2) is 24.0 Å². The molecule has 3 rings (SSSR count). The first-order chi connectivity index (χ1) is 8.43. The fourth-order valence-corrected chi connectivity index (χ4v) is 3.02. The van der Waals surface area contributed by atoms with Gasteiger partial charge in [0.1, 0.15) is 0 Å². The van der Waals surface area contributed by atoms with Crippen LogP contribution in [0.4, 0.5) is 0 Å². The standard InChI is InChI=1S/C16H21N/c1-2-7-14(8-3-1)13-15-9-4-5-10-16(15)17-11-6-12-17/h1-3,7-8,13,16H,4-6,9-12H2/b15-13+. The molecule has 1 atom stereocenters. The maximum Gasteiger partial charge on any atom is 0.0310 e. The van der Waals surface area contributed by atoms with Gasteiger partial charge in [-0.25, -0.2) is 0 Å². The van der Waals surface area contributed by atoms with Crippen molar-refractivity contribution in [2.75, 3.05) is 13.1 Å². The van der Waals surface area contributed by atoms with Gasteiger partial charge in [0.25, 0.3) is 0 Å². The van der Waals surface area contributed by atoms with Gasteiger partial charge in [-0.2, -0.15) is 0 Å². The third-order valence-electron chi connectivity index (χ3n) is 4.10. The van der Waals surface area contributed by atoms with Crippen LogP contribution in [0.5, 0.6) is 0 Å². The summed E-state index contributed by atoms with van der Waals surface area (Å²) in [6.45, 7) is 2.63. The van der Waals surface area contributed by atoms with Crippen molar-refractivity contribution in [3.05, 3.63) is 41.5 Å². The van der Waals surface area contributed by atoms with Gasteiger partial charge in [0.05, 0.1) is 0 Å². The largest absolute Gasteiger partial charge is 0.297 e. The zero-order chi connectivity index (χ0) is 11.5. The fraction of sp³-hybridized carbons (Fsp3) is 0.500. The van der Waals surface area contributed by atoms with Crippen LogP contribution in [0.25, 0.3) is 6.08 Å². The maximum absolute atomic E-state index is 2.66. The van der Waals surface area contributed by atoms with Crippen LogP contribution in [0.3, 0.4) is 0 Å². The molecule has 1 heteroatoms. The van der Waals surface area contributed by atoms with Crippen molar-refractivity contribution in [1.29, 1.82) is 0 Å². The molecule has 0 bridgehead atoms. The van der Waals surface area contributed by atoms with Crippen molar-refractivity contribution in [2.45, 2.75) is 38.1 Å². The second-order valence-corrected chi connectivity index (χ2v) is 5.28. The molecule has 1 aliphatic heterocycles. The van der Waals surface area contributed by atoms with Crippen molar-refractivity contribution >= 4 is 6.08 Å². The lowest BCUT2D eigenvalue weighted by Crippen LogP contribution is -2.46. The summed E-state index contributed by atoms with van der Waals surface area (Å²) in [6.07, 6.45) is 9.29. The molecule has 1 aromatic rings. The van der Waals surface area contributed by atoms with E-state index in [1.54, 1.807) is 5.57 Å². The average Bonchev–Trinajstić information content (AvgIpc) is 2.31. The van der Waals surface area contributed by atoms with Crippen LogP contribution in [0.15, 0.2) is 35.9 Å². The molecule has 1 unspecified atom stereocenters. The Morgan fingerprint density at radius 2 is 1.82 bits per heavy atom. The number of hydrogen-bond donors (Lipinski definition) is 0. The van der Waals surface area contributed by atoms with E-state index in [0.29, 0.717) is 0 Å². The molecule has 0 spiro atoms. The molecule has 1 saturated heterocycles. The minimum absolute atomic E-state index is 0.748. The highest BCUT2D eigenvalue weighted by Gasteiger charge is 2.28. The predicted octanol–water partition coefficient (Wildman–Crippen LogP) is 3.72. The third-order valence-corrected chi connectivity index (χ3v) is 4.10. The number of likely N-dealkylation sites (tertiary alicyclic amines) is 1. The van der Waals surface area contributed by atoms with E-state index < -0.39 is 0 Å². The van der Waals surface area contributed by atoms with Gasteiger partial charge in [-0.15, -0.1) is 0 Å². The van der Waals surface area contributed by atoms with Gasteiger partial charge >= 0.3 is 0 Å². The number of nitrogens with zero attached hydrogens (tertiary/aromatic N) is 1. The Hall–Kier alpha value is -1.08. The topological polar surface area (TPSA) is 3.24 Å². The summed E-state index contributed by atoms with van der Waals surface area (Å²) in [5.41, 5.74) is 3.04. The molecular weight excluding hydrogens is 206 g/mol. The summed E-state index contributed by atoms with van der Waals surface area (Å²) < 4.78 is 0. The molecule has 1 aliphatic carbocycles. The Labute approximate surface area is 104 Å². The Morgan fingerprint density at radius 3 is 2.53 bits per heavy atom. The van der Waals surface area contributed by atoms with Gasteiger partial charge < -0.3 is 0 Å². The van der Waals surface area contributed by atoms with Crippen LogP contribution >= 0.6 is 0 Å². The number of rotatable bonds is 2. The van der Waals surface area contributed by atoms with Crippen molar-refractivity contribution < 1.29 is 0 Å². The Bertz CT molecular complexity index is 389. The van der Waals surface area contributed by atoms with Crippen molar-refractivity contribution in [3.8, 4) is 0 Å². The smallest absolute Gasteiger partial charge is 0.0310 e. The van der Waals surface area contributed by atoms with Crippen molar-refractivity contribution in [2.24, 2.45) is 0 Å². The number of hydrogen-bond acceptors (Lipinski definition) is 1. The van der Waals surface area contributed by atoms with E-state index in [4.69, 9.17) is 0 Å². The summed E-state index contributed by atoms with van der Waals surface area (Å²) >= 11 is 0.